The van der Waals surface area contributed by atoms with Crippen LogP contribution < -0.4 is 16.4 Å². The lowest BCUT2D eigenvalue weighted by Crippen LogP contribution is -2.31. The van der Waals surface area contributed by atoms with E-state index in [9.17, 15) is 9.59 Å². The number of carbonyl (C=O) groups is 1. The predicted octanol–water partition coefficient (Wildman–Crippen LogP) is 2.45. The fourth-order valence-electron chi connectivity index (χ4n) is 2.80. The van der Waals surface area contributed by atoms with Crippen molar-refractivity contribution in [1.29, 1.82) is 0 Å². The number of hydrazine groups is 1. The number of amides is 1. The Morgan fingerprint density at radius 2 is 1.89 bits per heavy atom. The number of anilines is 1. The van der Waals surface area contributed by atoms with Crippen LogP contribution >= 0.6 is 0 Å². The molecule has 1 aromatic carbocycles. The van der Waals surface area contributed by atoms with E-state index in [0.717, 1.165) is 5.56 Å². The van der Waals surface area contributed by atoms with Crippen molar-refractivity contribution in [2.75, 3.05) is 5.43 Å². The zero-order valence-electron chi connectivity index (χ0n) is 14.9. The Kier molecular flexibility index (Phi) is 4.51. The van der Waals surface area contributed by atoms with Crippen molar-refractivity contribution in [2.24, 2.45) is 0 Å². The van der Waals surface area contributed by atoms with E-state index in [2.05, 4.69) is 30.8 Å². The maximum atomic E-state index is 12.6. The van der Waals surface area contributed by atoms with Gasteiger partial charge in [-0.15, -0.1) is 0 Å². The highest BCUT2D eigenvalue weighted by Crippen LogP contribution is 2.18. The molecule has 0 aliphatic rings. The third-order valence-electron chi connectivity index (χ3n) is 4.18. The highest BCUT2D eigenvalue weighted by molar-refractivity contribution is 5.97. The van der Waals surface area contributed by atoms with Crippen LogP contribution in [0.3, 0.4) is 0 Å². The van der Waals surface area contributed by atoms with Gasteiger partial charge in [0.2, 0.25) is 0 Å². The number of hydrogen-bond donors (Lipinski definition) is 3. The first-order valence-electron chi connectivity index (χ1n) is 8.55. The molecule has 3 heterocycles. The van der Waals surface area contributed by atoms with Gasteiger partial charge in [0.25, 0.3) is 11.5 Å². The van der Waals surface area contributed by atoms with Crippen molar-refractivity contribution in [2.45, 2.75) is 6.92 Å². The summed E-state index contributed by atoms with van der Waals surface area (Å²) in [6.45, 7) is 1.75. The van der Waals surface area contributed by atoms with Crippen molar-refractivity contribution in [3.05, 3.63) is 82.5 Å². The molecule has 0 aliphatic carbocycles. The normalized spacial score (nSPS) is 10.6. The average Bonchev–Trinajstić information content (AvgIpc) is 2.72. The Balaban J connectivity index is 1.56. The maximum Gasteiger partial charge on any atom is 0.273 e. The van der Waals surface area contributed by atoms with Crippen LogP contribution in [-0.4, -0.2) is 25.8 Å². The first-order valence-corrected chi connectivity index (χ1v) is 8.55. The van der Waals surface area contributed by atoms with E-state index < -0.39 is 5.91 Å². The van der Waals surface area contributed by atoms with E-state index >= 15 is 0 Å². The predicted molar refractivity (Wildman–Crippen MR) is 106 cm³/mol. The van der Waals surface area contributed by atoms with Gasteiger partial charge in [0.15, 0.2) is 5.82 Å². The van der Waals surface area contributed by atoms with Crippen LogP contribution in [-0.2, 0) is 0 Å². The summed E-state index contributed by atoms with van der Waals surface area (Å²) in [5.74, 6) is 0.142. The van der Waals surface area contributed by atoms with E-state index in [0.29, 0.717) is 33.8 Å². The number of rotatable bonds is 4. The van der Waals surface area contributed by atoms with E-state index in [-0.39, 0.29) is 5.56 Å². The van der Waals surface area contributed by atoms with Crippen LogP contribution in [0, 0.1) is 6.92 Å². The molecule has 0 saturated heterocycles. The largest absolute Gasteiger partial charge is 0.306 e. The van der Waals surface area contributed by atoms with Gasteiger partial charge in [-0.3, -0.25) is 20.4 Å². The summed E-state index contributed by atoms with van der Waals surface area (Å²) in [7, 11) is 0. The zero-order valence-corrected chi connectivity index (χ0v) is 14.9. The number of aryl methyl sites for hydroxylation is 1. The number of hydrogen-bond acceptors (Lipinski definition) is 6. The molecule has 0 radical (unpaired) electrons. The van der Waals surface area contributed by atoms with Gasteiger partial charge in [-0.2, -0.15) is 0 Å². The van der Waals surface area contributed by atoms with Crippen LogP contribution in [0.4, 0.5) is 5.69 Å². The number of benzene rings is 1. The number of nitrogens with zero attached hydrogens (tertiary/aromatic N) is 3. The second-order valence-electron chi connectivity index (χ2n) is 6.08. The summed E-state index contributed by atoms with van der Waals surface area (Å²) in [6.07, 6.45) is 3.06. The molecule has 0 aliphatic heterocycles. The minimum absolute atomic E-state index is 0.324. The Labute approximate surface area is 159 Å². The fraction of sp³-hybridized carbons (Fsp3) is 0.0500. The standard InChI is InChI=1S/C20H16N6O2/c1-12-15(11-22-18(23-12)13-6-3-2-4-7-13)20(28)26-25-16-10-17(27)24-19-14(16)8-5-9-21-19/h2-11H,1H3,(H,26,28)(H2,21,24,25,27). The number of aromatic amines is 1. The monoisotopic (exact) mass is 372 g/mol. The number of carbonyl (C=O) groups excluding carboxylic acids is 1. The average molecular weight is 372 g/mol. The Hall–Kier alpha value is -4.07. The van der Waals surface area contributed by atoms with Crippen LogP contribution in [0.5, 0.6) is 0 Å². The molecule has 3 N–H and O–H groups in total. The second-order valence-corrected chi connectivity index (χ2v) is 6.08. The molecule has 4 rings (SSSR count). The van der Waals surface area contributed by atoms with Crippen molar-refractivity contribution in [1.82, 2.24) is 25.4 Å². The third-order valence-corrected chi connectivity index (χ3v) is 4.18. The van der Waals surface area contributed by atoms with Gasteiger partial charge in [-0.1, -0.05) is 30.3 Å². The van der Waals surface area contributed by atoms with E-state index in [1.807, 2.05) is 30.3 Å². The summed E-state index contributed by atoms with van der Waals surface area (Å²) >= 11 is 0. The van der Waals surface area contributed by atoms with Gasteiger partial charge in [0.1, 0.15) is 5.65 Å². The number of H-pyrrole nitrogens is 1. The topological polar surface area (TPSA) is 113 Å². The molecule has 0 saturated carbocycles. The molecular weight excluding hydrogens is 356 g/mol. The molecule has 1 amide bonds. The van der Waals surface area contributed by atoms with Crippen molar-refractivity contribution >= 4 is 22.6 Å². The SMILES string of the molecule is Cc1nc(-c2ccccc2)ncc1C(=O)NNc1cc(=O)[nH]c2ncccc12. The fourth-order valence-corrected chi connectivity index (χ4v) is 2.80. The molecule has 4 aromatic rings. The smallest absolute Gasteiger partial charge is 0.273 e. The lowest BCUT2D eigenvalue weighted by atomic mass is 10.2. The maximum absolute atomic E-state index is 12.6. The Morgan fingerprint density at radius 3 is 2.68 bits per heavy atom. The Bertz CT molecular complexity index is 1220. The molecule has 0 spiro atoms. The summed E-state index contributed by atoms with van der Waals surface area (Å²) in [4.78, 5) is 39.8. The molecule has 0 fully saturated rings. The van der Waals surface area contributed by atoms with Crippen LogP contribution in [0.2, 0.25) is 0 Å². The highest BCUT2D eigenvalue weighted by Gasteiger charge is 2.13. The quantitative estimate of drug-likeness (QED) is 0.474. The zero-order chi connectivity index (χ0) is 19.5. The van der Waals surface area contributed by atoms with Crippen molar-refractivity contribution in [3.8, 4) is 11.4 Å². The Morgan fingerprint density at radius 1 is 1.07 bits per heavy atom. The van der Waals surface area contributed by atoms with Crippen molar-refractivity contribution in [3.63, 3.8) is 0 Å². The second kappa shape index (κ2) is 7.28. The number of nitrogens with one attached hydrogen (secondary N) is 3. The molecular formula is C20H16N6O2. The minimum atomic E-state index is -0.408. The van der Waals surface area contributed by atoms with Gasteiger partial charge in [0, 0.05) is 29.4 Å². The van der Waals surface area contributed by atoms with Gasteiger partial charge >= 0.3 is 0 Å². The van der Waals surface area contributed by atoms with Crippen molar-refractivity contribution < 1.29 is 4.79 Å². The first-order chi connectivity index (χ1) is 13.6. The van der Waals surface area contributed by atoms with Gasteiger partial charge in [-0.25, -0.2) is 15.0 Å². The molecule has 0 bridgehead atoms. The van der Waals surface area contributed by atoms with Crippen LogP contribution in [0.1, 0.15) is 16.1 Å². The van der Waals surface area contributed by atoms with E-state index in [4.69, 9.17) is 0 Å². The first kappa shape index (κ1) is 17.3. The molecule has 138 valence electrons. The number of aromatic nitrogens is 4. The highest BCUT2D eigenvalue weighted by atomic mass is 16.2. The van der Waals surface area contributed by atoms with E-state index in [1.165, 1.54) is 12.3 Å². The summed E-state index contributed by atoms with van der Waals surface area (Å²) in [6, 6.07) is 14.4. The summed E-state index contributed by atoms with van der Waals surface area (Å²) in [5.41, 5.74) is 7.67. The minimum Gasteiger partial charge on any atom is -0.306 e. The summed E-state index contributed by atoms with van der Waals surface area (Å²) < 4.78 is 0. The number of pyridine rings is 2. The molecule has 8 heteroatoms. The summed E-state index contributed by atoms with van der Waals surface area (Å²) in [5, 5.41) is 0.676. The lowest BCUT2D eigenvalue weighted by Gasteiger charge is -2.11. The molecule has 0 unspecified atom stereocenters. The van der Waals surface area contributed by atoms with E-state index in [1.54, 1.807) is 25.3 Å². The molecule has 8 nitrogen and oxygen atoms in total. The van der Waals surface area contributed by atoms with Crippen LogP contribution in [0.15, 0.2) is 65.7 Å². The third kappa shape index (κ3) is 3.43. The van der Waals surface area contributed by atoms with Crippen LogP contribution in [0.25, 0.3) is 22.4 Å². The lowest BCUT2D eigenvalue weighted by molar-refractivity contribution is 0.0961. The molecule has 3 aromatic heterocycles. The van der Waals surface area contributed by atoms with Gasteiger partial charge in [0.05, 0.1) is 16.9 Å². The number of fused-ring (bicyclic) bond motifs is 1. The van der Waals surface area contributed by atoms with Gasteiger partial charge in [-0.05, 0) is 19.1 Å². The van der Waals surface area contributed by atoms with Gasteiger partial charge < -0.3 is 4.98 Å². The molecule has 0 atom stereocenters. The molecule has 28 heavy (non-hydrogen) atoms.